The van der Waals surface area contributed by atoms with Gasteiger partial charge in [0, 0.05) is 70.0 Å². The van der Waals surface area contributed by atoms with Crippen molar-refractivity contribution in [2.24, 2.45) is 17.8 Å². The van der Waals surface area contributed by atoms with Gasteiger partial charge < -0.3 is 20.2 Å². The fourth-order valence-electron chi connectivity index (χ4n) is 4.09. The maximum Gasteiger partial charge on any atom is 0.233 e. The van der Waals surface area contributed by atoms with Crippen LogP contribution >= 0.6 is 0 Å². The first-order valence-electron chi connectivity index (χ1n) is 13.0. The lowest BCUT2D eigenvalue weighted by atomic mass is 9.94. The molecule has 0 spiro atoms. The Morgan fingerprint density at radius 1 is 1.06 bits per heavy atom. The lowest BCUT2D eigenvalue weighted by Crippen LogP contribution is -2.47. The molecule has 2 heterocycles. The molecule has 0 radical (unpaired) electrons. The van der Waals surface area contributed by atoms with Crippen molar-refractivity contribution < 1.29 is 24.3 Å². The van der Waals surface area contributed by atoms with Gasteiger partial charge in [-0.05, 0) is 45.6 Å². The molecule has 202 valence electrons. The predicted octanol–water partition coefficient (Wildman–Crippen LogP) is 1.88. The van der Waals surface area contributed by atoms with Gasteiger partial charge in [-0.15, -0.1) is 0 Å². The number of imide groups is 1. The molecule has 1 atom stereocenters. The van der Waals surface area contributed by atoms with Crippen LogP contribution in [0.4, 0.5) is 0 Å². The van der Waals surface area contributed by atoms with E-state index in [4.69, 9.17) is 5.11 Å². The highest BCUT2D eigenvalue weighted by Crippen LogP contribution is 2.26. The number of nitrogens with zero attached hydrogens (tertiary/aromatic N) is 3. The molecule has 0 aromatic rings. The van der Waals surface area contributed by atoms with Gasteiger partial charge in [0.2, 0.25) is 23.6 Å². The fraction of sp³-hybridized carbons (Fsp3) is 0.846. The van der Waals surface area contributed by atoms with Crippen LogP contribution in [-0.4, -0.2) is 95.4 Å². The van der Waals surface area contributed by atoms with Crippen LogP contribution in [0.3, 0.4) is 0 Å². The number of rotatable bonds is 10. The minimum atomic E-state index is -0.495. The Hall–Kier alpha value is -2.00. The molecular weight excluding hydrogens is 448 g/mol. The number of likely N-dealkylation sites (N-methyl/N-ethyl adjacent to an activating group) is 1. The molecule has 9 heteroatoms. The van der Waals surface area contributed by atoms with Gasteiger partial charge >= 0.3 is 0 Å². The predicted molar refractivity (Wildman–Crippen MR) is 136 cm³/mol. The lowest BCUT2D eigenvalue weighted by Gasteiger charge is -2.32. The summed E-state index contributed by atoms with van der Waals surface area (Å²) in [5.74, 6) is 0.258. The van der Waals surface area contributed by atoms with Crippen LogP contribution in [0.15, 0.2) is 0 Å². The summed E-state index contributed by atoms with van der Waals surface area (Å²) in [6.07, 6.45) is 2.54. The number of hydrogen-bond acceptors (Lipinski definition) is 6. The minimum absolute atomic E-state index is 0.00749. The number of aliphatic hydroxyl groups excluding tert-OH is 1. The summed E-state index contributed by atoms with van der Waals surface area (Å²) >= 11 is 0. The Labute approximate surface area is 211 Å². The Morgan fingerprint density at radius 3 is 2.14 bits per heavy atom. The zero-order valence-corrected chi connectivity index (χ0v) is 22.9. The normalized spacial score (nSPS) is 19.3. The van der Waals surface area contributed by atoms with Gasteiger partial charge in [-0.2, -0.15) is 0 Å². The number of nitrogens with one attached hydrogen (secondary N) is 1. The van der Waals surface area contributed by atoms with Crippen molar-refractivity contribution in [1.82, 2.24) is 20.0 Å². The summed E-state index contributed by atoms with van der Waals surface area (Å²) in [7, 11) is 2.11. The molecule has 2 N–H and O–H groups in total. The molecule has 9 nitrogen and oxygen atoms in total. The summed E-state index contributed by atoms with van der Waals surface area (Å²) in [5.41, 5.74) is -0.495. The van der Waals surface area contributed by atoms with Gasteiger partial charge in [-0.25, -0.2) is 0 Å². The van der Waals surface area contributed by atoms with E-state index in [1.54, 1.807) is 0 Å². The molecule has 0 bridgehead atoms. The Balaban J connectivity index is 0.000000379. The summed E-state index contributed by atoms with van der Waals surface area (Å²) in [6.45, 7) is 15.8. The number of carbonyl (C=O) groups excluding carboxylic acids is 4. The maximum absolute atomic E-state index is 12.1. The Morgan fingerprint density at radius 2 is 1.66 bits per heavy atom. The first kappa shape index (κ1) is 31.0. The molecule has 2 fully saturated rings. The average molecular weight is 497 g/mol. The largest absolute Gasteiger partial charge is 0.396 e. The summed E-state index contributed by atoms with van der Waals surface area (Å²) < 4.78 is 0. The van der Waals surface area contributed by atoms with Crippen molar-refractivity contribution in [3.05, 3.63) is 0 Å². The third-order valence-corrected chi connectivity index (χ3v) is 6.65. The Kier molecular flexibility index (Phi) is 12.9. The summed E-state index contributed by atoms with van der Waals surface area (Å²) in [4.78, 5) is 53.0. The smallest absolute Gasteiger partial charge is 0.233 e. The third-order valence-electron chi connectivity index (χ3n) is 6.65. The molecule has 1 unspecified atom stereocenters. The van der Waals surface area contributed by atoms with E-state index in [1.807, 2.05) is 32.6 Å². The van der Waals surface area contributed by atoms with Gasteiger partial charge in [-0.3, -0.25) is 24.1 Å². The highest BCUT2D eigenvalue weighted by atomic mass is 16.3. The standard InChI is InChI=1S/C15H26N2O4.C11H22N2O/c1-10(2)11-9-13(20)17(14(11)21)7-5-12(19)16-15(3,4)6-8-18;1-10(2)4-5-11(14)13-8-6-12(3)7-9-13/h10-11,18H,5-9H2,1-4H3,(H,16,19);10H,4-9H2,1-3H3. The van der Waals surface area contributed by atoms with Crippen molar-refractivity contribution in [1.29, 1.82) is 0 Å². The van der Waals surface area contributed by atoms with Gasteiger partial charge in [0.15, 0.2) is 0 Å². The topological polar surface area (TPSA) is 110 Å². The zero-order valence-electron chi connectivity index (χ0n) is 22.9. The van der Waals surface area contributed by atoms with E-state index < -0.39 is 5.54 Å². The lowest BCUT2D eigenvalue weighted by molar-refractivity contribution is -0.140. The second-order valence-electron chi connectivity index (χ2n) is 11.2. The number of carbonyl (C=O) groups is 4. The van der Waals surface area contributed by atoms with Gasteiger partial charge in [-0.1, -0.05) is 27.7 Å². The van der Waals surface area contributed by atoms with Crippen LogP contribution in [0.25, 0.3) is 0 Å². The highest BCUT2D eigenvalue weighted by Gasteiger charge is 2.39. The first-order chi connectivity index (χ1) is 16.3. The second kappa shape index (κ2) is 14.5. The number of hydrogen-bond donors (Lipinski definition) is 2. The van der Waals surface area contributed by atoms with Crippen LogP contribution in [0.2, 0.25) is 0 Å². The van der Waals surface area contributed by atoms with Crippen molar-refractivity contribution in [3.8, 4) is 0 Å². The fourth-order valence-corrected chi connectivity index (χ4v) is 4.09. The van der Waals surface area contributed by atoms with Crippen LogP contribution in [0, 0.1) is 17.8 Å². The van der Waals surface area contributed by atoms with E-state index in [-0.39, 0.29) is 55.6 Å². The van der Waals surface area contributed by atoms with E-state index in [2.05, 4.69) is 31.1 Å². The van der Waals surface area contributed by atoms with E-state index in [9.17, 15) is 19.2 Å². The third kappa shape index (κ3) is 11.1. The number of piperazine rings is 1. The maximum atomic E-state index is 12.1. The molecule has 0 aromatic heterocycles. The first-order valence-corrected chi connectivity index (χ1v) is 13.0. The van der Waals surface area contributed by atoms with E-state index >= 15 is 0 Å². The molecule has 4 amide bonds. The molecule has 2 rings (SSSR count). The molecule has 0 aromatic carbocycles. The summed E-state index contributed by atoms with van der Waals surface area (Å²) in [6, 6.07) is 0. The van der Waals surface area contributed by atoms with Crippen molar-refractivity contribution in [3.63, 3.8) is 0 Å². The molecule has 35 heavy (non-hydrogen) atoms. The number of aliphatic hydroxyl groups is 1. The van der Waals surface area contributed by atoms with Crippen molar-refractivity contribution >= 4 is 23.6 Å². The zero-order chi connectivity index (χ0) is 26.8. The number of likely N-dealkylation sites (tertiary alicyclic amines) is 1. The van der Waals surface area contributed by atoms with Gasteiger partial charge in [0.25, 0.3) is 0 Å². The quantitative estimate of drug-likeness (QED) is 0.447. The van der Waals surface area contributed by atoms with Gasteiger partial charge in [0.05, 0.1) is 0 Å². The van der Waals surface area contributed by atoms with E-state index in [0.717, 1.165) is 39.0 Å². The van der Waals surface area contributed by atoms with Crippen molar-refractivity contribution in [2.75, 3.05) is 46.4 Å². The highest BCUT2D eigenvalue weighted by molar-refractivity contribution is 6.03. The molecule has 2 aliphatic heterocycles. The average Bonchev–Trinajstić information content (AvgIpc) is 3.04. The van der Waals surface area contributed by atoms with Crippen LogP contribution in [0.5, 0.6) is 0 Å². The second-order valence-corrected chi connectivity index (χ2v) is 11.2. The van der Waals surface area contributed by atoms with Crippen molar-refractivity contribution in [2.45, 2.75) is 79.2 Å². The van der Waals surface area contributed by atoms with E-state index in [1.165, 1.54) is 4.90 Å². The monoisotopic (exact) mass is 496 g/mol. The molecule has 0 aliphatic carbocycles. The minimum Gasteiger partial charge on any atom is -0.396 e. The van der Waals surface area contributed by atoms with Crippen LogP contribution < -0.4 is 5.32 Å². The number of amides is 4. The Bertz CT molecular complexity index is 715. The molecule has 2 saturated heterocycles. The van der Waals surface area contributed by atoms with Crippen LogP contribution in [-0.2, 0) is 19.2 Å². The van der Waals surface area contributed by atoms with Crippen LogP contribution in [0.1, 0.15) is 73.6 Å². The van der Waals surface area contributed by atoms with E-state index in [0.29, 0.717) is 18.2 Å². The molecule has 0 saturated carbocycles. The molecular formula is C26H48N4O5. The van der Waals surface area contributed by atoms with Gasteiger partial charge in [0.1, 0.15) is 0 Å². The summed E-state index contributed by atoms with van der Waals surface area (Å²) in [5, 5.41) is 11.7. The SMILES string of the molecule is CC(C)C1CC(=O)N(CCC(=O)NC(C)(C)CCO)C1=O.CC(C)CCC(=O)N1CCN(C)CC1. The molecule has 2 aliphatic rings.